The number of benzene rings is 1. The SMILES string of the molecule is N[C@@H](c1cccc(Cl)c1Cl)C1CCCC1. The molecule has 0 amide bonds. The molecule has 15 heavy (non-hydrogen) atoms. The van der Waals surface area contributed by atoms with Gasteiger partial charge >= 0.3 is 0 Å². The molecule has 0 aromatic heterocycles. The molecule has 0 unspecified atom stereocenters. The maximum absolute atomic E-state index is 6.23. The van der Waals surface area contributed by atoms with E-state index in [4.69, 9.17) is 28.9 Å². The average Bonchev–Trinajstić information content (AvgIpc) is 2.74. The summed E-state index contributed by atoms with van der Waals surface area (Å²) in [6, 6.07) is 5.74. The third-order valence-electron chi connectivity index (χ3n) is 3.25. The molecule has 2 rings (SSSR count). The molecule has 2 N–H and O–H groups in total. The Balaban J connectivity index is 2.24. The Bertz CT molecular complexity index is 345. The van der Waals surface area contributed by atoms with E-state index < -0.39 is 0 Å². The Hall–Kier alpha value is -0.240. The third kappa shape index (κ3) is 2.30. The summed E-state index contributed by atoms with van der Waals surface area (Å²) in [6.45, 7) is 0. The van der Waals surface area contributed by atoms with Crippen LogP contribution in [0, 0.1) is 5.92 Å². The van der Waals surface area contributed by atoms with Crippen molar-refractivity contribution in [2.45, 2.75) is 31.7 Å². The summed E-state index contributed by atoms with van der Waals surface area (Å²) in [7, 11) is 0. The monoisotopic (exact) mass is 243 g/mol. The lowest BCUT2D eigenvalue weighted by molar-refractivity contribution is 0.445. The molecule has 1 aromatic rings. The minimum absolute atomic E-state index is 0.0405. The zero-order valence-corrected chi connectivity index (χ0v) is 10.1. The predicted octanol–water partition coefficient (Wildman–Crippen LogP) is 4.18. The second-order valence-corrected chi connectivity index (χ2v) is 5.00. The summed E-state index contributed by atoms with van der Waals surface area (Å²) in [6.07, 6.45) is 5.00. The fourth-order valence-corrected chi connectivity index (χ4v) is 2.78. The first kappa shape index (κ1) is 11.3. The average molecular weight is 244 g/mol. The first-order chi connectivity index (χ1) is 7.20. The number of halogens is 2. The van der Waals surface area contributed by atoms with Gasteiger partial charge in [0, 0.05) is 6.04 Å². The molecule has 1 aromatic carbocycles. The molecule has 0 aliphatic heterocycles. The van der Waals surface area contributed by atoms with Crippen molar-refractivity contribution in [2.24, 2.45) is 11.7 Å². The maximum atomic E-state index is 6.23. The van der Waals surface area contributed by atoms with E-state index in [1.54, 1.807) is 6.07 Å². The van der Waals surface area contributed by atoms with E-state index >= 15 is 0 Å². The number of rotatable bonds is 2. The summed E-state index contributed by atoms with van der Waals surface area (Å²) in [5.74, 6) is 0.570. The van der Waals surface area contributed by atoms with Crippen LogP contribution in [-0.4, -0.2) is 0 Å². The van der Waals surface area contributed by atoms with Crippen LogP contribution < -0.4 is 5.73 Å². The fraction of sp³-hybridized carbons (Fsp3) is 0.500. The molecule has 3 heteroatoms. The van der Waals surface area contributed by atoms with E-state index in [2.05, 4.69) is 0 Å². The van der Waals surface area contributed by atoms with Gasteiger partial charge in [0.05, 0.1) is 10.0 Å². The first-order valence-electron chi connectivity index (χ1n) is 5.39. The van der Waals surface area contributed by atoms with Gasteiger partial charge in [-0.05, 0) is 30.4 Å². The van der Waals surface area contributed by atoms with E-state index in [1.807, 2.05) is 12.1 Å². The molecule has 1 aliphatic rings. The highest BCUT2D eigenvalue weighted by Crippen LogP contribution is 2.38. The third-order valence-corrected chi connectivity index (χ3v) is 4.08. The smallest absolute Gasteiger partial charge is 0.0640 e. The Kier molecular flexibility index (Phi) is 3.55. The maximum Gasteiger partial charge on any atom is 0.0640 e. The van der Waals surface area contributed by atoms with E-state index in [0.29, 0.717) is 16.0 Å². The van der Waals surface area contributed by atoms with E-state index in [9.17, 15) is 0 Å². The van der Waals surface area contributed by atoms with Gasteiger partial charge in [0.2, 0.25) is 0 Å². The topological polar surface area (TPSA) is 26.0 Å². The van der Waals surface area contributed by atoms with Gasteiger partial charge in [-0.25, -0.2) is 0 Å². The van der Waals surface area contributed by atoms with Crippen LogP contribution in [0.15, 0.2) is 18.2 Å². The number of hydrogen-bond acceptors (Lipinski definition) is 1. The van der Waals surface area contributed by atoms with Crippen molar-refractivity contribution in [3.05, 3.63) is 33.8 Å². The Morgan fingerprint density at radius 1 is 1.20 bits per heavy atom. The van der Waals surface area contributed by atoms with Gasteiger partial charge in [-0.15, -0.1) is 0 Å². The molecule has 0 radical (unpaired) electrons. The quantitative estimate of drug-likeness (QED) is 0.829. The number of nitrogens with two attached hydrogens (primary N) is 1. The highest BCUT2D eigenvalue weighted by atomic mass is 35.5. The van der Waals surface area contributed by atoms with Gasteiger partial charge in [-0.1, -0.05) is 48.2 Å². The molecule has 1 aliphatic carbocycles. The van der Waals surface area contributed by atoms with Gasteiger partial charge in [0.1, 0.15) is 0 Å². The lowest BCUT2D eigenvalue weighted by Gasteiger charge is -2.20. The van der Waals surface area contributed by atoms with Crippen molar-refractivity contribution < 1.29 is 0 Å². The van der Waals surface area contributed by atoms with Crippen molar-refractivity contribution in [1.29, 1.82) is 0 Å². The van der Waals surface area contributed by atoms with Crippen LogP contribution in [0.2, 0.25) is 10.0 Å². The van der Waals surface area contributed by atoms with Crippen LogP contribution in [0.4, 0.5) is 0 Å². The molecule has 0 heterocycles. The van der Waals surface area contributed by atoms with Crippen molar-refractivity contribution in [2.75, 3.05) is 0 Å². The van der Waals surface area contributed by atoms with Crippen molar-refractivity contribution in [1.82, 2.24) is 0 Å². The normalized spacial score (nSPS) is 19.4. The van der Waals surface area contributed by atoms with Crippen molar-refractivity contribution >= 4 is 23.2 Å². The second-order valence-electron chi connectivity index (χ2n) is 4.21. The molecular weight excluding hydrogens is 229 g/mol. The van der Waals surface area contributed by atoms with Crippen LogP contribution in [0.5, 0.6) is 0 Å². The second kappa shape index (κ2) is 4.73. The predicted molar refractivity (Wildman–Crippen MR) is 65.3 cm³/mol. The summed E-state index contributed by atoms with van der Waals surface area (Å²) in [4.78, 5) is 0. The molecule has 1 fully saturated rings. The van der Waals surface area contributed by atoms with Crippen LogP contribution in [0.25, 0.3) is 0 Å². The summed E-state index contributed by atoms with van der Waals surface area (Å²) < 4.78 is 0. The van der Waals surface area contributed by atoms with E-state index in [-0.39, 0.29) is 6.04 Å². The van der Waals surface area contributed by atoms with Gasteiger partial charge in [-0.2, -0.15) is 0 Å². The zero-order valence-electron chi connectivity index (χ0n) is 8.55. The van der Waals surface area contributed by atoms with Gasteiger partial charge in [0.15, 0.2) is 0 Å². The highest BCUT2D eigenvalue weighted by Gasteiger charge is 2.25. The largest absolute Gasteiger partial charge is 0.324 e. The van der Waals surface area contributed by atoms with Crippen molar-refractivity contribution in [3.63, 3.8) is 0 Å². The Morgan fingerprint density at radius 2 is 1.87 bits per heavy atom. The molecular formula is C12H15Cl2N. The van der Waals surface area contributed by atoms with Crippen LogP contribution >= 0.6 is 23.2 Å². The summed E-state index contributed by atoms with van der Waals surface area (Å²) in [5, 5.41) is 1.22. The lowest BCUT2D eigenvalue weighted by Crippen LogP contribution is -2.19. The molecule has 0 saturated heterocycles. The van der Waals surface area contributed by atoms with Crippen LogP contribution in [0.3, 0.4) is 0 Å². The van der Waals surface area contributed by atoms with Gasteiger partial charge in [0.25, 0.3) is 0 Å². The molecule has 0 bridgehead atoms. The van der Waals surface area contributed by atoms with Crippen LogP contribution in [-0.2, 0) is 0 Å². The molecule has 0 spiro atoms. The standard InChI is InChI=1S/C12H15Cl2N/c13-10-7-3-6-9(11(10)14)12(15)8-4-1-2-5-8/h3,6-8,12H,1-2,4-5,15H2/t12-/m1/s1. The van der Waals surface area contributed by atoms with E-state index in [0.717, 1.165) is 5.56 Å². The molecule has 1 nitrogen and oxygen atoms in total. The zero-order chi connectivity index (χ0) is 10.8. The highest BCUT2D eigenvalue weighted by molar-refractivity contribution is 6.42. The van der Waals surface area contributed by atoms with E-state index in [1.165, 1.54) is 25.7 Å². The minimum atomic E-state index is 0.0405. The first-order valence-corrected chi connectivity index (χ1v) is 6.15. The number of hydrogen-bond donors (Lipinski definition) is 1. The van der Waals surface area contributed by atoms with Crippen LogP contribution in [0.1, 0.15) is 37.3 Å². The summed E-state index contributed by atoms with van der Waals surface area (Å²) >= 11 is 12.1. The molecule has 1 saturated carbocycles. The Morgan fingerprint density at radius 3 is 2.53 bits per heavy atom. The fourth-order valence-electron chi connectivity index (χ4n) is 2.35. The van der Waals surface area contributed by atoms with Gasteiger partial charge in [-0.3, -0.25) is 0 Å². The lowest BCUT2D eigenvalue weighted by atomic mass is 9.92. The molecule has 1 atom stereocenters. The Labute approximate surface area is 101 Å². The molecule has 82 valence electrons. The van der Waals surface area contributed by atoms with Crippen molar-refractivity contribution in [3.8, 4) is 0 Å². The summed E-state index contributed by atoms with van der Waals surface area (Å²) in [5.41, 5.74) is 7.22. The van der Waals surface area contributed by atoms with Gasteiger partial charge < -0.3 is 5.73 Å². The minimum Gasteiger partial charge on any atom is -0.324 e.